The zero-order valence-electron chi connectivity index (χ0n) is 4.36. The van der Waals surface area contributed by atoms with Crippen LogP contribution in [0.1, 0.15) is 6.92 Å². The van der Waals surface area contributed by atoms with E-state index in [-0.39, 0.29) is 6.61 Å². The fourth-order valence-electron chi connectivity index (χ4n) is 0.119. The molecule has 0 bridgehead atoms. The lowest BCUT2D eigenvalue weighted by atomic mass is 10.2. The van der Waals surface area contributed by atoms with Crippen LogP contribution in [0.3, 0.4) is 0 Å². The minimum atomic E-state index is -0.102. The van der Waals surface area contributed by atoms with Crippen molar-refractivity contribution < 1.29 is 5.11 Å². The summed E-state index contributed by atoms with van der Waals surface area (Å²) in [5.41, 5.74) is 0.836. The van der Waals surface area contributed by atoms with Crippen LogP contribution in [-0.2, 0) is 0 Å². The number of nitrogens with one attached hydrogen (secondary N) is 1. The molecule has 0 aliphatic carbocycles. The van der Waals surface area contributed by atoms with Gasteiger partial charge in [-0.05, 0) is 12.5 Å². The predicted octanol–water partition coefficient (Wildman–Crippen LogP) is 0.575. The monoisotopic (exact) mass is 99.1 g/mol. The smallest absolute Gasteiger partial charge is 0.0693 e. The molecule has 0 aliphatic heterocycles. The fraction of sp³-hybridized carbons (Fsp3) is 0.400. The van der Waals surface area contributed by atoms with E-state index in [1.807, 2.05) is 0 Å². The van der Waals surface area contributed by atoms with Crippen molar-refractivity contribution in [3.8, 4) is 0 Å². The van der Waals surface area contributed by atoms with Gasteiger partial charge in [0.25, 0.3) is 0 Å². The average molecular weight is 99.1 g/mol. The Morgan fingerprint density at radius 2 is 2.29 bits per heavy atom. The highest BCUT2D eigenvalue weighted by Gasteiger charge is 1.89. The topological polar surface area (TPSA) is 44.1 Å². The highest BCUT2D eigenvalue weighted by atomic mass is 16.3. The third kappa shape index (κ3) is 2.11. The van der Waals surface area contributed by atoms with Crippen molar-refractivity contribution in [3.05, 3.63) is 12.2 Å². The minimum Gasteiger partial charge on any atom is -0.392 e. The summed E-state index contributed by atoms with van der Waals surface area (Å²) < 4.78 is 0. The van der Waals surface area contributed by atoms with Crippen molar-refractivity contribution in [2.24, 2.45) is 0 Å². The van der Waals surface area contributed by atoms with Crippen molar-refractivity contribution in [3.63, 3.8) is 0 Å². The first kappa shape index (κ1) is 6.37. The lowest BCUT2D eigenvalue weighted by Gasteiger charge is -1.92. The van der Waals surface area contributed by atoms with Crippen molar-refractivity contribution in [1.82, 2.24) is 0 Å². The maximum Gasteiger partial charge on any atom is 0.0693 e. The molecule has 0 aliphatic rings. The summed E-state index contributed by atoms with van der Waals surface area (Å²) in [6, 6.07) is 0. The normalized spacial score (nSPS) is 8.29. The van der Waals surface area contributed by atoms with Gasteiger partial charge in [0.2, 0.25) is 0 Å². The van der Waals surface area contributed by atoms with Crippen molar-refractivity contribution in [2.75, 3.05) is 6.61 Å². The van der Waals surface area contributed by atoms with Crippen LogP contribution in [0.25, 0.3) is 0 Å². The molecule has 7 heavy (non-hydrogen) atoms. The minimum absolute atomic E-state index is 0.102. The number of rotatable bonds is 2. The molecule has 0 atom stereocenters. The summed E-state index contributed by atoms with van der Waals surface area (Å²) in [4.78, 5) is 0. The SMILES string of the molecule is C=C(CO)C(C)=N. The predicted molar refractivity (Wildman–Crippen MR) is 29.6 cm³/mol. The fourth-order valence-corrected chi connectivity index (χ4v) is 0.119. The molecule has 0 saturated carbocycles. The van der Waals surface area contributed by atoms with Gasteiger partial charge in [0.1, 0.15) is 0 Å². The van der Waals surface area contributed by atoms with Crippen LogP contribution in [0.2, 0.25) is 0 Å². The molecule has 2 heteroatoms. The van der Waals surface area contributed by atoms with Gasteiger partial charge in [0.05, 0.1) is 6.61 Å². The summed E-state index contributed by atoms with van der Waals surface area (Å²) >= 11 is 0. The number of aliphatic hydroxyl groups is 1. The molecule has 0 rings (SSSR count). The Labute approximate surface area is 43.0 Å². The van der Waals surface area contributed by atoms with Crippen LogP contribution in [-0.4, -0.2) is 17.4 Å². The van der Waals surface area contributed by atoms with Crippen LogP contribution in [0.15, 0.2) is 12.2 Å². The highest BCUT2D eigenvalue weighted by molar-refractivity contribution is 5.95. The first-order valence-corrected chi connectivity index (χ1v) is 2.02. The third-order valence-electron chi connectivity index (χ3n) is 0.721. The van der Waals surface area contributed by atoms with Crippen LogP contribution in [0.5, 0.6) is 0 Å². The second-order valence-corrected chi connectivity index (χ2v) is 1.39. The lowest BCUT2D eigenvalue weighted by molar-refractivity contribution is 0.337. The molecule has 0 aromatic rings. The molecule has 0 aromatic carbocycles. The van der Waals surface area contributed by atoms with E-state index in [9.17, 15) is 0 Å². The molecule has 0 unspecified atom stereocenters. The number of hydrogen-bond acceptors (Lipinski definition) is 2. The molecule has 0 heterocycles. The van der Waals surface area contributed by atoms with Gasteiger partial charge in [-0.2, -0.15) is 0 Å². The molecule has 0 radical (unpaired) electrons. The van der Waals surface area contributed by atoms with E-state index in [1.54, 1.807) is 6.92 Å². The van der Waals surface area contributed by atoms with Gasteiger partial charge in [-0.25, -0.2) is 0 Å². The first-order chi connectivity index (χ1) is 3.18. The van der Waals surface area contributed by atoms with Crippen molar-refractivity contribution in [2.45, 2.75) is 6.92 Å². The molecule has 0 aromatic heterocycles. The van der Waals surface area contributed by atoms with E-state index in [0.717, 1.165) is 0 Å². The van der Waals surface area contributed by atoms with Gasteiger partial charge in [-0.3, -0.25) is 0 Å². The van der Waals surface area contributed by atoms with E-state index < -0.39 is 0 Å². The Morgan fingerprint density at radius 1 is 1.86 bits per heavy atom. The Bertz CT molecular complexity index is 96.3. The Balaban J connectivity index is 3.58. The van der Waals surface area contributed by atoms with E-state index in [2.05, 4.69) is 6.58 Å². The molecule has 0 spiro atoms. The summed E-state index contributed by atoms with van der Waals surface area (Å²) in [7, 11) is 0. The molecular formula is C5H9NO. The van der Waals surface area contributed by atoms with Crippen LogP contribution in [0.4, 0.5) is 0 Å². The van der Waals surface area contributed by atoms with Crippen LogP contribution >= 0.6 is 0 Å². The zero-order chi connectivity index (χ0) is 5.86. The maximum absolute atomic E-state index is 8.26. The van der Waals surface area contributed by atoms with E-state index in [4.69, 9.17) is 10.5 Å². The molecule has 0 fully saturated rings. The Morgan fingerprint density at radius 3 is 2.29 bits per heavy atom. The Kier molecular flexibility index (Phi) is 2.30. The quantitative estimate of drug-likeness (QED) is 0.488. The molecule has 0 saturated heterocycles. The van der Waals surface area contributed by atoms with Gasteiger partial charge in [0.15, 0.2) is 0 Å². The Hall–Kier alpha value is -0.630. The maximum atomic E-state index is 8.26. The first-order valence-electron chi connectivity index (χ1n) is 2.02. The van der Waals surface area contributed by atoms with Crippen molar-refractivity contribution in [1.29, 1.82) is 5.41 Å². The van der Waals surface area contributed by atoms with Gasteiger partial charge in [0, 0.05) is 5.71 Å². The molecule has 40 valence electrons. The van der Waals surface area contributed by atoms with Crippen LogP contribution < -0.4 is 0 Å². The second-order valence-electron chi connectivity index (χ2n) is 1.39. The summed E-state index contributed by atoms with van der Waals surface area (Å²) in [5, 5.41) is 15.1. The summed E-state index contributed by atoms with van der Waals surface area (Å²) in [6.45, 7) is 4.89. The van der Waals surface area contributed by atoms with Gasteiger partial charge in [-0.1, -0.05) is 6.58 Å². The van der Waals surface area contributed by atoms with Crippen molar-refractivity contribution >= 4 is 5.71 Å². The highest BCUT2D eigenvalue weighted by Crippen LogP contribution is 1.86. The molecule has 2 N–H and O–H groups in total. The third-order valence-corrected chi connectivity index (χ3v) is 0.721. The van der Waals surface area contributed by atoms with Crippen LogP contribution in [0, 0.1) is 5.41 Å². The summed E-state index contributed by atoms with van der Waals surface area (Å²) in [6.07, 6.45) is 0. The zero-order valence-corrected chi connectivity index (χ0v) is 4.36. The van der Waals surface area contributed by atoms with E-state index in [0.29, 0.717) is 11.3 Å². The molecule has 2 nitrogen and oxygen atoms in total. The number of hydrogen-bond donors (Lipinski definition) is 2. The summed E-state index contributed by atoms with van der Waals surface area (Å²) in [5.74, 6) is 0. The van der Waals surface area contributed by atoms with Gasteiger partial charge >= 0.3 is 0 Å². The average Bonchev–Trinajstić information content (AvgIpc) is 1.65. The van der Waals surface area contributed by atoms with E-state index in [1.165, 1.54) is 0 Å². The molecule has 0 amide bonds. The van der Waals surface area contributed by atoms with E-state index >= 15 is 0 Å². The second kappa shape index (κ2) is 2.53. The van der Waals surface area contributed by atoms with Gasteiger partial charge in [-0.15, -0.1) is 0 Å². The molecular weight excluding hydrogens is 90.1 g/mol. The standard InChI is InChI=1S/C5H9NO/c1-4(3-7)5(2)6/h6-7H,1,3H2,2H3. The lowest BCUT2D eigenvalue weighted by Crippen LogP contribution is -1.97. The van der Waals surface area contributed by atoms with Gasteiger partial charge < -0.3 is 10.5 Å². The number of aliphatic hydroxyl groups excluding tert-OH is 1. The largest absolute Gasteiger partial charge is 0.392 e.